The Balaban J connectivity index is 2.45. The van der Waals surface area contributed by atoms with E-state index in [2.05, 4.69) is 0 Å². The molecule has 1 aliphatic heterocycles. The lowest BCUT2D eigenvalue weighted by Gasteiger charge is -2.31. The predicted octanol–water partition coefficient (Wildman–Crippen LogP) is -0.0136. The van der Waals surface area contributed by atoms with Crippen LogP contribution in [0.3, 0.4) is 0 Å². The van der Waals surface area contributed by atoms with Gasteiger partial charge in [0.1, 0.15) is 12.5 Å². The molecule has 1 atom stereocenters. The first-order chi connectivity index (χ1) is 7.13. The van der Waals surface area contributed by atoms with Crippen LogP contribution in [-0.4, -0.2) is 36.1 Å². The minimum Gasteiger partial charge on any atom is -0.445 e. The molecule has 15 heavy (non-hydrogen) atoms. The number of likely N-dealkylation sites (tertiary alicyclic amines) is 1. The van der Waals surface area contributed by atoms with Crippen molar-refractivity contribution in [3.63, 3.8) is 0 Å². The van der Waals surface area contributed by atoms with E-state index in [-0.39, 0.29) is 18.4 Å². The van der Waals surface area contributed by atoms with Crippen LogP contribution in [0, 0.1) is 11.3 Å². The van der Waals surface area contributed by atoms with Crippen LogP contribution in [0.2, 0.25) is 0 Å². The highest BCUT2D eigenvalue weighted by Crippen LogP contribution is 2.13. The van der Waals surface area contributed by atoms with Gasteiger partial charge in [0.15, 0.2) is 0 Å². The van der Waals surface area contributed by atoms with Gasteiger partial charge in [0.05, 0.1) is 12.6 Å². The normalized spacial score (nSPS) is 20.5. The van der Waals surface area contributed by atoms with E-state index in [0.717, 1.165) is 6.42 Å². The number of hydrogen-bond donors (Lipinski definition) is 1. The molecule has 2 amide bonds. The molecule has 6 heteroatoms. The maximum atomic E-state index is 11.4. The van der Waals surface area contributed by atoms with Crippen LogP contribution in [-0.2, 0) is 9.53 Å². The number of amides is 2. The summed E-state index contributed by atoms with van der Waals surface area (Å²) < 4.78 is 4.81. The van der Waals surface area contributed by atoms with E-state index in [9.17, 15) is 9.59 Å². The summed E-state index contributed by atoms with van der Waals surface area (Å²) in [6.07, 6.45) is 0.172. The first-order valence-corrected chi connectivity index (χ1v) is 4.74. The summed E-state index contributed by atoms with van der Waals surface area (Å²) in [7, 11) is 0. The maximum Gasteiger partial charge on any atom is 0.404 e. The van der Waals surface area contributed by atoms with E-state index in [1.54, 1.807) is 6.07 Å². The van der Waals surface area contributed by atoms with E-state index < -0.39 is 6.09 Å². The molecule has 0 saturated carbocycles. The molecule has 0 aromatic rings. The van der Waals surface area contributed by atoms with E-state index in [1.165, 1.54) is 4.90 Å². The summed E-state index contributed by atoms with van der Waals surface area (Å²) >= 11 is 0. The number of ether oxygens (including phenoxy) is 1. The molecule has 6 nitrogen and oxygen atoms in total. The van der Waals surface area contributed by atoms with Crippen molar-refractivity contribution in [2.45, 2.75) is 25.4 Å². The van der Waals surface area contributed by atoms with Crippen LogP contribution in [0.4, 0.5) is 4.79 Å². The summed E-state index contributed by atoms with van der Waals surface area (Å²) in [4.78, 5) is 23.4. The van der Waals surface area contributed by atoms with Crippen molar-refractivity contribution in [2.24, 2.45) is 5.73 Å². The number of carbonyl (C=O) groups is 2. The third-order valence-electron chi connectivity index (χ3n) is 2.24. The molecule has 1 rings (SSSR count). The zero-order valence-corrected chi connectivity index (χ0v) is 8.31. The number of hydrogen-bond acceptors (Lipinski definition) is 4. The summed E-state index contributed by atoms with van der Waals surface area (Å²) in [5.41, 5.74) is 4.89. The fourth-order valence-corrected chi connectivity index (χ4v) is 1.60. The van der Waals surface area contributed by atoms with Gasteiger partial charge in [0, 0.05) is 6.54 Å². The summed E-state index contributed by atoms with van der Waals surface area (Å²) in [6, 6.07) is 1.80. The van der Waals surface area contributed by atoms with Gasteiger partial charge < -0.3 is 15.4 Å². The molecule has 1 heterocycles. The highest BCUT2D eigenvalue weighted by molar-refractivity contribution is 5.78. The molecule has 1 fully saturated rings. The molecule has 82 valence electrons. The molecule has 0 bridgehead atoms. The fraction of sp³-hybridized carbons (Fsp3) is 0.667. The predicted molar refractivity (Wildman–Crippen MR) is 50.5 cm³/mol. The highest BCUT2D eigenvalue weighted by atomic mass is 16.6. The Labute approximate surface area is 87.6 Å². The topological polar surface area (TPSA) is 96.4 Å². The van der Waals surface area contributed by atoms with E-state index in [1.807, 2.05) is 0 Å². The number of rotatable bonds is 2. The lowest BCUT2D eigenvalue weighted by atomic mass is 10.1. The number of piperidine rings is 1. The zero-order valence-electron chi connectivity index (χ0n) is 8.31. The number of nitrogens with zero attached hydrogens (tertiary/aromatic N) is 2. The SMILES string of the molecule is N#CCC(=O)N1CCC[C@H](OC(N)=O)C1. The molecule has 0 aromatic carbocycles. The van der Waals surface area contributed by atoms with Gasteiger partial charge in [0.2, 0.25) is 5.91 Å². The third kappa shape index (κ3) is 3.46. The highest BCUT2D eigenvalue weighted by Gasteiger charge is 2.25. The summed E-state index contributed by atoms with van der Waals surface area (Å²) in [5.74, 6) is -0.227. The Morgan fingerprint density at radius 2 is 2.33 bits per heavy atom. The average molecular weight is 211 g/mol. The van der Waals surface area contributed by atoms with Gasteiger partial charge >= 0.3 is 6.09 Å². The van der Waals surface area contributed by atoms with Crippen molar-refractivity contribution in [3.05, 3.63) is 0 Å². The van der Waals surface area contributed by atoms with Crippen molar-refractivity contribution in [2.75, 3.05) is 13.1 Å². The zero-order chi connectivity index (χ0) is 11.3. The molecule has 2 N–H and O–H groups in total. The number of nitrogens with two attached hydrogens (primary N) is 1. The Morgan fingerprint density at radius 1 is 1.60 bits per heavy atom. The van der Waals surface area contributed by atoms with Crippen LogP contribution in [0.25, 0.3) is 0 Å². The van der Waals surface area contributed by atoms with Crippen LogP contribution < -0.4 is 5.73 Å². The maximum absolute atomic E-state index is 11.4. The van der Waals surface area contributed by atoms with E-state index >= 15 is 0 Å². The summed E-state index contributed by atoms with van der Waals surface area (Å²) in [6.45, 7) is 0.947. The summed E-state index contributed by atoms with van der Waals surface area (Å²) in [5, 5.41) is 8.38. The van der Waals surface area contributed by atoms with Crippen LogP contribution in [0.5, 0.6) is 0 Å². The quantitative estimate of drug-likeness (QED) is 0.694. The van der Waals surface area contributed by atoms with Gasteiger partial charge in [-0.25, -0.2) is 4.79 Å². The standard InChI is InChI=1S/C9H13N3O3/c10-4-3-8(13)12-5-1-2-7(6-12)15-9(11)14/h7H,1-3,5-6H2,(H2,11,14)/t7-/m0/s1. The Kier molecular flexibility index (Phi) is 3.92. The van der Waals surface area contributed by atoms with Crippen molar-refractivity contribution >= 4 is 12.0 Å². The van der Waals surface area contributed by atoms with Crippen molar-refractivity contribution < 1.29 is 14.3 Å². The molecular weight excluding hydrogens is 198 g/mol. The fourth-order valence-electron chi connectivity index (χ4n) is 1.60. The minimum absolute atomic E-state index is 0.136. The van der Waals surface area contributed by atoms with Crippen LogP contribution in [0.15, 0.2) is 0 Å². The number of nitriles is 1. The van der Waals surface area contributed by atoms with E-state index in [4.69, 9.17) is 15.7 Å². The van der Waals surface area contributed by atoms with Gasteiger partial charge in [-0.3, -0.25) is 4.79 Å². The van der Waals surface area contributed by atoms with Gasteiger partial charge in [-0.2, -0.15) is 5.26 Å². The van der Waals surface area contributed by atoms with Gasteiger partial charge in [-0.15, -0.1) is 0 Å². The van der Waals surface area contributed by atoms with Crippen LogP contribution >= 0.6 is 0 Å². The Morgan fingerprint density at radius 3 is 2.93 bits per heavy atom. The average Bonchev–Trinajstić information content (AvgIpc) is 2.17. The molecule has 0 radical (unpaired) electrons. The molecule has 0 aliphatic carbocycles. The lowest BCUT2D eigenvalue weighted by molar-refractivity contribution is -0.133. The third-order valence-corrected chi connectivity index (χ3v) is 2.24. The molecule has 1 saturated heterocycles. The smallest absolute Gasteiger partial charge is 0.404 e. The Bertz CT molecular complexity index is 297. The Hall–Kier alpha value is -1.77. The van der Waals surface area contributed by atoms with Crippen molar-refractivity contribution in [3.8, 4) is 6.07 Å². The van der Waals surface area contributed by atoms with Gasteiger partial charge in [-0.05, 0) is 12.8 Å². The van der Waals surface area contributed by atoms with Crippen molar-refractivity contribution in [1.82, 2.24) is 4.90 Å². The molecule has 0 aromatic heterocycles. The van der Waals surface area contributed by atoms with Crippen LogP contribution in [0.1, 0.15) is 19.3 Å². The monoisotopic (exact) mass is 211 g/mol. The van der Waals surface area contributed by atoms with Crippen molar-refractivity contribution in [1.29, 1.82) is 5.26 Å². The minimum atomic E-state index is -0.824. The second kappa shape index (κ2) is 5.20. The van der Waals surface area contributed by atoms with E-state index in [0.29, 0.717) is 19.5 Å². The second-order valence-corrected chi connectivity index (χ2v) is 3.38. The number of carbonyl (C=O) groups excluding carboxylic acids is 2. The lowest BCUT2D eigenvalue weighted by Crippen LogP contribution is -2.44. The number of primary amides is 1. The second-order valence-electron chi connectivity index (χ2n) is 3.38. The molecule has 0 spiro atoms. The molecular formula is C9H13N3O3. The molecule has 0 unspecified atom stereocenters. The first-order valence-electron chi connectivity index (χ1n) is 4.74. The van der Waals surface area contributed by atoms with Gasteiger partial charge in [-0.1, -0.05) is 0 Å². The largest absolute Gasteiger partial charge is 0.445 e. The first kappa shape index (κ1) is 11.3. The van der Waals surface area contributed by atoms with Gasteiger partial charge in [0.25, 0.3) is 0 Å². The molecule has 1 aliphatic rings.